The fourth-order valence-corrected chi connectivity index (χ4v) is 20.5. The van der Waals surface area contributed by atoms with Gasteiger partial charge in [-0.2, -0.15) is 0 Å². The van der Waals surface area contributed by atoms with Crippen molar-refractivity contribution >= 4 is 43.5 Å². The zero-order valence-corrected chi connectivity index (χ0v) is 21.0. The van der Waals surface area contributed by atoms with Crippen molar-refractivity contribution in [2.75, 3.05) is 7.11 Å². The minimum atomic E-state index is -2.46. The third-order valence-corrected chi connectivity index (χ3v) is 18.6. The van der Waals surface area contributed by atoms with Crippen molar-refractivity contribution in [3.63, 3.8) is 0 Å². The first-order valence-electron chi connectivity index (χ1n) is 7.92. The van der Waals surface area contributed by atoms with Gasteiger partial charge in [-0.25, -0.2) is 0 Å². The van der Waals surface area contributed by atoms with Crippen LogP contribution in [0.2, 0.25) is 71.0 Å². The summed E-state index contributed by atoms with van der Waals surface area (Å²) in [5, 5.41) is 0. The molecule has 0 saturated carbocycles. The summed E-state index contributed by atoms with van der Waals surface area (Å²) >= 11 is 0. The third-order valence-electron chi connectivity index (χ3n) is 3.24. The number of hydrogen-bond donors (Lipinski definition) is 0. The maximum atomic E-state index is 6.56. The van der Waals surface area contributed by atoms with Crippen molar-refractivity contribution in [3.05, 3.63) is 0 Å². The molecule has 0 unspecified atom stereocenters. The summed E-state index contributed by atoms with van der Waals surface area (Å²) in [5.41, 5.74) is 0. The van der Waals surface area contributed by atoms with Gasteiger partial charge in [-0.3, -0.25) is 0 Å². The largest absolute Gasteiger partial charge is 0.465 e. The van der Waals surface area contributed by atoms with Gasteiger partial charge in [-0.15, -0.1) is 0 Å². The molecule has 0 heterocycles. The molecule has 4 nitrogen and oxygen atoms in total. The first kappa shape index (κ1) is 21.9. The highest BCUT2D eigenvalue weighted by Crippen LogP contribution is 2.26. The van der Waals surface area contributed by atoms with Crippen molar-refractivity contribution in [2.45, 2.75) is 71.0 Å². The van der Waals surface area contributed by atoms with Gasteiger partial charge in [0.25, 0.3) is 0 Å². The van der Waals surface area contributed by atoms with E-state index in [0.717, 1.165) is 12.1 Å². The lowest BCUT2D eigenvalue weighted by atomic mass is 10.9. The maximum absolute atomic E-state index is 6.56. The van der Waals surface area contributed by atoms with E-state index in [4.69, 9.17) is 16.8 Å². The predicted molar refractivity (Wildman–Crippen MR) is 104 cm³/mol. The Balaban J connectivity index is 4.80. The summed E-state index contributed by atoms with van der Waals surface area (Å²) in [6.45, 7) is 20.0. The Morgan fingerprint density at radius 3 is 1.43 bits per heavy atom. The predicted octanol–water partition coefficient (Wildman–Crippen LogP) is 3.63. The molecule has 0 aliphatic rings. The van der Waals surface area contributed by atoms with Gasteiger partial charge in [-0.1, -0.05) is 0 Å². The lowest BCUT2D eigenvalue weighted by Gasteiger charge is -2.38. The third kappa shape index (κ3) is 10.3. The molecule has 0 aromatic heterocycles. The highest BCUT2D eigenvalue weighted by atomic mass is 28.5. The molecule has 0 rings (SSSR count). The fourth-order valence-electron chi connectivity index (χ4n) is 2.19. The summed E-state index contributed by atoms with van der Waals surface area (Å²) < 4.78 is 24.7. The van der Waals surface area contributed by atoms with E-state index >= 15 is 0 Å². The maximum Gasteiger partial charge on any atom is 0.465 e. The van der Waals surface area contributed by atoms with E-state index in [1.165, 1.54) is 0 Å². The molecule has 0 N–H and O–H groups in total. The minimum absolute atomic E-state index is 1.12. The second-order valence-corrected chi connectivity index (χ2v) is 24.6. The summed E-state index contributed by atoms with van der Waals surface area (Å²) in [6.07, 6.45) is 0. The molecule has 9 heteroatoms. The Labute approximate surface area is 138 Å². The van der Waals surface area contributed by atoms with Crippen molar-refractivity contribution in [3.8, 4) is 0 Å². The van der Waals surface area contributed by atoms with Gasteiger partial charge < -0.3 is 16.8 Å². The molecule has 0 aliphatic carbocycles. The number of hydrogen-bond acceptors (Lipinski definition) is 4. The zero-order valence-electron chi connectivity index (χ0n) is 15.7. The molecule has 128 valence electrons. The average molecular weight is 385 g/mol. The minimum Gasteiger partial charge on any atom is -0.420 e. The van der Waals surface area contributed by atoms with Crippen molar-refractivity contribution in [1.29, 1.82) is 0 Å². The van der Waals surface area contributed by atoms with Gasteiger partial charge in [0.2, 0.25) is 0 Å². The normalized spacial score (nSPS) is 14.3. The van der Waals surface area contributed by atoms with Crippen LogP contribution in [-0.4, -0.2) is 50.6 Å². The van der Waals surface area contributed by atoms with Gasteiger partial charge in [-0.05, 0) is 64.5 Å². The highest BCUT2D eigenvalue weighted by molar-refractivity contribution is 6.85. The topological polar surface area (TPSA) is 36.9 Å². The van der Waals surface area contributed by atoms with Crippen LogP contribution in [-0.2, 0) is 16.8 Å². The Bertz CT molecular complexity index is 300. The molecule has 0 amide bonds. The molecule has 0 saturated heterocycles. The van der Waals surface area contributed by atoms with Crippen LogP contribution < -0.4 is 0 Å². The first-order chi connectivity index (χ1) is 9.31. The van der Waals surface area contributed by atoms with Gasteiger partial charge in [0.1, 0.15) is 0 Å². The Morgan fingerprint density at radius 1 is 0.714 bits per heavy atom. The average Bonchev–Trinajstić information content (AvgIpc) is 2.23. The summed E-state index contributed by atoms with van der Waals surface area (Å²) in [5.74, 6) is 0. The number of rotatable bonds is 10. The Kier molecular flexibility index (Phi) is 9.07. The van der Waals surface area contributed by atoms with Crippen LogP contribution in [0.25, 0.3) is 0 Å². The van der Waals surface area contributed by atoms with E-state index in [2.05, 4.69) is 58.9 Å². The SMILES string of the molecule is CO[Si](C)(C)CC[Si](C)(C)O[Si](C)(O[SiH](C)C)O[SiH](C)C. The van der Waals surface area contributed by atoms with E-state index in [9.17, 15) is 0 Å². The van der Waals surface area contributed by atoms with E-state index in [0.29, 0.717) is 0 Å². The monoisotopic (exact) mass is 384 g/mol. The zero-order chi connectivity index (χ0) is 16.9. The molecule has 0 spiro atoms. The van der Waals surface area contributed by atoms with Crippen molar-refractivity contribution in [2.24, 2.45) is 0 Å². The second kappa shape index (κ2) is 8.69. The standard InChI is InChI=1S/C12H36O4Si5/c1-13-19(6,7)11-12-20(8,9)16-21(10,14-17(2)3)15-18(4)5/h17-18H,11-12H2,1-10H3. The molecule has 0 bridgehead atoms. The fraction of sp³-hybridized carbons (Fsp3) is 1.00. The van der Waals surface area contributed by atoms with Crippen LogP contribution >= 0.6 is 0 Å². The first-order valence-corrected chi connectivity index (χ1v) is 21.9. The van der Waals surface area contributed by atoms with Gasteiger partial charge in [0.15, 0.2) is 34.7 Å². The van der Waals surface area contributed by atoms with E-state index < -0.39 is 43.5 Å². The van der Waals surface area contributed by atoms with Gasteiger partial charge in [0.05, 0.1) is 0 Å². The van der Waals surface area contributed by atoms with E-state index in [1.807, 2.05) is 7.11 Å². The van der Waals surface area contributed by atoms with E-state index in [-0.39, 0.29) is 0 Å². The van der Waals surface area contributed by atoms with Crippen LogP contribution in [0.3, 0.4) is 0 Å². The molecular weight excluding hydrogens is 349 g/mol. The van der Waals surface area contributed by atoms with Crippen LogP contribution in [0.4, 0.5) is 0 Å². The smallest absolute Gasteiger partial charge is 0.420 e. The lowest BCUT2D eigenvalue weighted by molar-refractivity contribution is 0.272. The Hall–Kier alpha value is 0.924. The van der Waals surface area contributed by atoms with Crippen LogP contribution in [0.1, 0.15) is 0 Å². The molecule has 0 aromatic carbocycles. The van der Waals surface area contributed by atoms with E-state index in [1.54, 1.807) is 0 Å². The molecule has 0 radical (unpaired) electrons. The Morgan fingerprint density at radius 2 is 1.10 bits per heavy atom. The molecule has 0 fully saturated rings. The molecule has 0 aromatic rings. The second-order valence-electron chi connectivity index (χ2n) is 7.52. The van der Waals surface area contributed by atoms with Crippen LogP contribution in [0.5, 0.6) is 0 Å². The van der Waals surface area contributed by atoms with Crippen LogP contribution in [0, 0.1) is 0 Å². The summed E-state index contributed by atoms with van der Waals surface area (Å²) in [4.78, 5) is 0. The van der Waals surface area contributed by atoms with Crippen LogP contribution in [0.15, 0.2) is 0 Å². The summed E-state index contributed by atoms with van der Waals surface area (Å²) in [7, 11) is -6.26. The van der Waals surface area contributed by atoms with Crippen molar-refractivity contribution in [1.82, 2.24) is 0 Å². The highest BCUT2D eigenvalue weighted by Gasteiger charge is 2.43. The molecule has 0 aliphatic heterocycles. The van der Waals surface area contributed by atoms with Crippen molar-refractivity contribution < 1.29 is 16.8 Å². The quantitative estimate of drug-likeness (QED) is 0.539. The van der Waals surface area contributed by atoms with Gasteiger partial charge in [0, 0.05) is 13.7 Å². The lowest BCUT2D eigenvalue weighted by Crippen LogP contribution is -2.55. The molecule has 21 heavy (non-hydrogen) atoms. The molecule has 0 atom stereocenters. The summed E-state index contributed by atoms with van der Waals surface area (Å²) in [6, 6.07) is 2.26. The van der Waals surface area contributed by atoms with Gasteiger partial charge >= 0.3 is 8.80 Å². The molecular formula is C12H36O4Si5.